The van der Waals surface area contributed by atoms with Gasteiger partial charge in [0.05, 0.1) is 0 Å². The van der Waals surface area contributed by atoms with Gasteiger partial charge in [0.1, 0.15) is 4.88 Å². The summed E-state index contributed by atoms with van der Waals surface area (Å²) in [6, 6.07) is 0. The third kappa shape index (κ3) is 2.10. The van der Waals surface area contributed by atoms with Crippen LogP contribution in [0.1, 0.15) is 15.4 Å². The molecule has 0 aromatic carbocycles. The Balaban J connectivity index is 3.28. The van der Waals surface area contributed by atoms with Gasteiger partial charge in [0.15, 0.2) is 10.2 Å². The molecule has 1 aromatic rings. The minimum absolute atomic E-state index is 0.178. The molecule has 0 saturated heterocycles. The molecule has 2 N–H and O–H groups in total. The van der Waals surface area contributed by atoms with E-state index < -0.39 is 22.7 Å². The molecule has 0 bridgehead atoms. The molecule has 0 fully saturated rings. The normalized spacial score (nSPS) is 11.7. The van der Waals surface area contributed by atoms with Crippen LogP contribution >= 0.6 is 22.9 Å². The molecule has 0 aliphatic rings. The summed E-state index contributed by atoms with van der Waals surface area (Å²) >= 11 is 5.39. The second-order valence-corrected chi connectivity index (χ2v) is 3.59. The zero-order chi connectivity index (χ0) is 10.2. The van der Waals surface area contributed by atoms with Crippen molar-refractivity contribution in [2.75, 3.05) is 0 Å². The van der Waals surface area contributed by atoms with Crippen molar-refractivity contribution in [3.05, 3.63) is 15.0 Å². The number of rotatable bonds is 1. The van der Waals surface area contributed by atoms with Crippen LogP contribution in [0.2, 0.25) is 4.47 Å². The number of alkyl halides is 3. The Kier molecular flexibility index (Phi) is 2.49. The SMILES string of the molecule is NC(=O)c1nc(Cl)sc1C(F)(F)F. The first-order valence-electron chi connectivity index (χ1n) is 2.85. The van der Waals surface area contributed by atoms with Crippen LogP contribution in [0, 0.1) is 0 Å². The summed E-state index contributed by atoms with van der Waals surface area (Å²) in [5.41, 5.74) is 3.84. The van der Waals surface area contributed by atoms with E-state index in [1.54, 1.807) is 0 Å². The summed E-state index contributed by atoms with van der Waals surface area (Å²) in [6.07, 6.45) is -4.64. The van der Waals surface area contributed by atoms with Crippen molar-refractivity contribution < 1.29 is 18.0 Å². The predicted octanol–water partition coefficient (Wildman–Crippen LogP) is 1.91. The van der Waals surface area contributed by atoms with E-state index in [0.29, 0.717) is 0 Å². The van der Waals surface area contributed by atoms with Gasteiger partial charge in [-0.25, -0.2) is 4.98 Å². The van der Waals surface area contributed by atoms with Gasteiger partial charge in [-0.3, -0.25) is 4.79 Å². The van der Waals surface area contributed by atoms with Gasteiger partial charge in [0, 0.05) is 0 Å². The van der Waals surface area contributed by atoms with Gasteiger partial charge in [-0.1, -0.05) is 22.9 Å². The first kappa shape index (κ1) is 10.3. The number of halogens is 4. The van der Waals surface area contributed by atoms with Crippen LogP contribution in [-0.4, -0.2) is 10.9 Å². The van der Waals surface area contributed by atoms with Crippen LogP contribution in [0.3, 0.4) is 0 Å². The van der Waals surface area contributed by atoms with Crippen LogP contribution in [-0.2, 0) is 6.18 Å². The van der Waals surface area contributed by atoms with E-state index >= 15 is 0 Å². The molecule has 0 aliphatic carbocycles. The highest BCUT2D eigenvalue weighted by atomic mass is 35.5. The lowest BCUT2D eigenvalue weighted by Gasteiger charge is -2.02. The Morgan fingerprint density at radius 3 is 2.38 bits per heavy atom. The Morgan fingerprint density at radius 1 is 1.54 bits per heavy atom. The average Bonchev–Trinajstić information content (AvgIpc) is 2.29. The van der Waals surface area contributed by atoms with Crippen molar-refractivity contribution >= 4 is 28.8 Å². The fraction of sp³-hybridized carbons (Fsp3) is 0.200. The smallest absolute Gasteiger partial charge is 0.364 e. The Bertz CT molecular complexity index is 348. The third-order valence-electron chi connectivity index (χ3n) is 1.09. The van der Waals surface area contributed by atoms with E-state index in [1.165, 1.54) is 0 Å². The van der Waals surface area contributed by atoms with E-state index in [9.17, 15) is 18.0 Å². The van der Waals surface area contributed by atoms with Crippen molar-refractivity contribution in [1.82, 2.24) is 4.98 Å². The Labute approximate surface area is 79.3 Å². The fourth-order valence-corrected chi connectivity index (χ4v) is 1.63. The zero-order valence-corrected chi connectivity index (χ0v) is 7.43. The molecule has 0 spiro atoms. The largest absolute Gasteiger partial charge is 0.428 e. The number of thiazole rings is 1. The molecule has 1 aromatic heterocycles. The quantitative estimate of drug-likeness (QED) is 0.801. The van der Waals surface area contributed by atoms with Gasteiger partial charge in [-0.15, -0.1) is 0 Å². The summed E-state index contributed by atoms with van der Waals surface area (Å²) in [4.78, 5) is 12.5. The van der Waals surface area contributed by atoms with E-state index in [4.69, 9.17) is 11.6 Å². The van der Waals surface area contributed by atoms with Crippen LogP contribution in [0.15, 0.2) is 0 Å². The molecule has 8 heteroatoms. The molecular weight excluding hydrogens is 229 g/mol. The molecule has 0 atom stereocenters. The lowest BCUT2D eigenvalue weighted by Crippen LogP contribution is -2.17. The lowest BCUT2D eigenvalue weighted by molar-refractivity contribution is -0.134. The minimum atomic E-state index is -4.64. The Morgan fingerprint density at radius 2 is 2.08 bits per heavy atom. The highest BCUT2D eigenvalue weighted by Gasteiger charge is 2.38. The van der Waals surface area contributed by atoms with E-state index in [1.807, 2.05) is 0 Å². The second kappa shape index (κ2) is 3.15. The second-order valence-electron chi connectivity index (χ2n) is 2.01. The molecule has 0 saturated carbocycles. The number of hydrogen-bond donors (Lipinski definition) is 1. The van der Waals surface area contributed by atoms with Crippen molar-refractivity contribution in [1.29, 1.82) is 0 Å². The summed E-state index contributed by atoms with van der Waals surface area (Å²) in [7, 11) is 0. The van der Waals surface area contributed by atoms with Gasteiger partial charge in [0.2, 0.25) is 0 Å². The molecule has 1 rings (SSSR count). The van der Waals surface area contributed by atoms with E-state index in [0.717, 1.165) is 0 Å². The van der Waals surface area contributed by atoms with Crippen molar-refractivity contribution in [2.24, 2.45) is 5.73 Å². The summed E-state index contributed by atoms with van der Waals surface area (Å²) in [5, 5.41) is 0. The minimum Gasteiger partial charge on any atom is -0.364 e. The van der Waals surface area contributed by atoms with Crippen LogP contribution in [0.4, 0.5) is 13.2 Å². The molecule has 1 heterocycles. The molecule has 0 aliphatic heterocycles. The Hall–Kier alpha value is -0.820. The van der Waals surface area contributed by atoms with Crippen molar-refractivity contribution in [3.63, 3.8) is 0 Å². The van der Waals surface area contributed by atoms with Gasteiger partial charge < -0.3 is 5.73 Å². The molecular formula is C5H2ClF3N2OS. The number of carbonyl (C=O) groups excluding carboxylic acids is 1. The van der Waals surface area contributed by atoms with Gasteiger partial charge in [-0.05, 0) is 0 Å². The number of hydrogen-bond acceptors (Lipinski definition) is 3. The first-order valence-corrected chi connectivity index (χ1v) is 4.05. The standard InChI is InChI=1S/C5H2ClF3N2OS/c6-4-11-1(3(10)12)2(13-4)5(7,8)9/h(H2,10,12). The maximum atomic E-state index is 12.1. The third-order valence-corrected chi connectivity index (χ3v) is 2.30. The first-order chi connectivity index (χ1) is 5.82. The predicted molar refractivity (Wildman–Crippen MR) is 40.6 cm³/mol. The average molecular weight is 231 g/mol. The number of carbonyl (C=O) groups is 1. The van der Waals surface area contributed by atoms with Crippen molar-refractivity contribution in [3.8, 4) is 0 Å². The van der Waals surface area contributed by atoms with E-state index in [-0.39, 0.29) is 15.8 Å². The number of nitrogens with zero attached hydrogens (tertiary/aromatic N) is 1. The lowest BCUT2D eigenvalue weighted by atomic mass is 10.3. The molecule has 13 heavy (non-hydrogen) atoms. The molecule has 72 valence electrons. The number of nitrogens with two attached hydrogens (primary N) is 1. The number of primary amides is 1. The van der Waals surface area contributed by atoms with Crippen LogP contribution < -0.4 is 5.73 Å². The highest BCUT2D eigenvalue weighted by Crippen LogP contribution is 2.37. The van der Waals surface area contributed by atoms with Gasteiger partial charge >= 0.3 is 6.18 Å². The summed E-state index contributed by atoms with van der Waals surface area (Å²) in [5.74, 6) is -1.24. The molecule has 1 amide bonds. The highest BCUT2D eigenvalue weighted by molar-refractivity contribution is 7.16. The molecule has 0 unspecified atom stereocenters. The van der Waals surface area contributed by atoms with Crippen LogP contribution in [0.25, 0.3) is 0 Å². The number of aromatic nitrogens is 1. The van der Waals surface area contributed by atoms with E-state index in [2.05, 4.69) is 10.7 Å². The maximum Gasteiger partial charge on any atom is 0.428 e. The molecule has 0 radical (unpaired) electrons. The molecule has 3 nitrogen and oxygen atoms in total. The van der Waals surface area contributed by atoms with Gasteiger partial charge in [0.25, 0.3) is 5.91 Å². The van der Waals surface area contributed by atoms with Crippen LogP contribution in [0.5, 0.6) is 0 Å². The number of amides is 1. The summed E-state index contributed by atoms with van der Waals surface area (Å²) in [6.45, 7) is 0. The van der Waals surface area contributed by atoms with Crippen molar-refractivity contribution in [2.45, 2.75) is 6.18 Å². The maximum absolute atomic E-state index is 12.1. The monoisotopic (exact) mass is 230 g/mol. The zero-order valence-electron chi connectivity index (χ0n) is 5.85. The topological polar surface area (TPSA) is 56.0 Å². The summed E-state index contributed by atoms with van der Waals surface area (Å²) < 4.78 is 36.0. The van der Waals surface area contributed by atoms with Gasteiger partial charge in [-0.2, -0.15) is 13.2 Å². The fourth-order valence-electron chi connectivity index (χ4n) is 0.653.